The topological polar surface area (TPSA) is 55.2 Å². The predicted molar refractivity (Wildman–Crippen MR) is 71.5 cm³/mol. The Bertz CT molecular complexity index is 428. The zero-order valence-corrected chi connectivity index (χ0v) is 10.8. The molecule has 1 aromatic rings. The third kappa shape index (κ3) is 3.53. The van der Waals surface area contributed by atoms with Crippen LogP contribution in [0.3, 0.4) is 0 Å². The van der Waals surface area contributed by atoms with Crippen LogP contribution in [0.25, 0.3) is 0 Å². The summed E-state index contributed by atoms with van der Waals surface area (Å²) in [6, 6.07) is 5.27. The average Bonchev–Trinajstić information content (AvgIpc) is 3.14. The molecular formula is C14H20N2O2. The fourth-order valence-corrected chi connectivity index (χ4v) is 2.20. The molecule has 1 saturated carbocycles. The number of nitrogens with one attached hydrogen (secondary N) is 1. The highest BCUT2D eigenvalue weighted by atomic mass is 16.6. The van der Waals surface area contributed by atoms with Gasteiger partial charge in [0.05, 0.1) is 4.92 Å². The lowest BCUT2D eigenvalue weighted by Gasteiger charge is -2.08. The quantitative estimate of drug-likeness (QED) is 0.458. The maximum absolute atomic E-state index is 10.8. The van der Waals surface area contributed by atoms with Crippen molar-refractivity contribution in [3.05, 3.63) is 39.4 Å². The molecule has 1 fully saturated rings. The van der Waals surface area contributed by atoms with Gasteiger partial charge in [0.15, 0.2) is 0 Å². The number of nitrogens with zero attached hydrogens (tertiary/aromatic N) is 1. The van der Waals surface area contributed by atoms with Crippen LogP contribution in [-0.2, 0) is 6.54 Å². The molecule has 1 aliphatic rings. The molecule has 2 rings (SSSR count). The molecule has 1 aromatic carbocycles. The van der Waals surface area contributed by atoms with Gasteiger partial charge in [-0.05, 0) is 37.8 Å². The highest BCUT2D eigenvalue weighted by Crippen LogP contribution is 2.33. The summed E-state index contributed by atoms with van der Waals surface area (Å²) in [6.07, 6.45) is 5.34. The van der Waals surface area contributed by atoms with Crippen molar-refractivity contribution in [2.45, 2.75) is 39.2 Å². The Labute approximate surface area is 108 Å². The van der Waals surface area contributed by atoms with Crippen LogP contribution in [0.4, 0.5) is 5.69 Å². The normalized spacial score (nSPS) is 14.7. The van der Waals surface area contributed by atoms with Crippen LogP contribution in [0.5, 0.6) is 0 Å². The minimum Gasteiger partial charge on any atom is -0.313 e. The van der Waals surface area contributed by atoms with E-state index in [0.29, 0.717) is 0 Å². The van der Waals surface area contributed by atoms with Gasteiger partial charge in [0.1, 0.15) is 0 Å². The maximum atomic E-state index is 10.8. The van der Waals surface area contributed by atoms with Crippen LogP contribution >= 0.6 is 0 Å². The van der Waals surface area contributed by atoms with E-state index in [1.165, 1.54) is 25.7 Å². The fourth-order valence-electron chi connectivity index (χ4n) is 2.20. The first-order valence-electron chi connectivity index (χ1n) is 6.62. The third-order valence-corrected chi connectivity index (χ3v) is 3.59. The second kappa shape index (κ2) is 5.96. The van der Waals surface area contributed by atoms with Gasteiger partial charge in [-0.25, -0.2) is 0 Å². The molecule has 0 atom stereocenters. The number of nitro benzene ring substituents is 1. The van der Waals surface area contributed by atoms with Crippen LogP contribution in [0.2, 0.25) is 0 Å². The average molecular weight is 248 g/mol. The summed E-state index contributed by atoms with van der Waals surface area (Å²) < 4.78 is 0. The van der Waals surface area contributed by atoms with Gasteiger partial charge < -0.3 is 5.32 Å². The highest BCUT2D eigenvalue weighted by Gasteiger charge is 2.19. The van der Waals surface area contributed by atoms with E-state index in [9.17, 15) is 10.1 Å². The molecule has 4 nitrogen and oxygen atoms in total. The lowest BCUT2D eigenvalue weighted by Crippen LogP contribution is -2.15. The van der Waals surface area contributed by atoms with Gasteiger partial charge in [0.25, 0.3) is 5.69 Å². The van der Waals surface area contributed by atoms with Crippen LogP contribution in [-0.4, -0.2) is 11.5 Å². The van der Waals surface area contributed by atoms with Gasteiger partial charge in [0, 0.05) is 18.2 Å². The van der Waals surface area contributed by atoms with E-state index in [1.807, 2.05) is 13.0 Å². The second-order valence-corrected chi connectivity index (χ2v) is 5.08. The Balaban J connectivity index is 1.80. The summed E-state index contributed by atoms with van der Waals surface area (Å²) in [5.41, 5.74) is 2.01. The van der Waals surface area contributed by atoms with Gasteiger partial charge in [-0.3, -0.25) is 10.1 Å². The van der Waals surface area contributed by atoms with E-state index in [4.69, 9.17) is 0 Å². The Morgan fingerprint density at radius 2 is 2.22 bits per heavy atom. The van der Waals surface area contributed by atoms with E-state index in [0.717, 1.165) is 30.1 Å². The smallest absolute Gasteiger partial charge is 0.272 e. The SMILES string of the molecule is Cc1c(CNCCCC2CC2)cccc1[N+](=O)[O-]. The summed E-state index contributed by atoms with van der Waals surface area (Å²) in [7, 11) is 0. The molecule has 0 amide bonds. The Morgan fingerprint density at radius 1 is 1.44 bits per heavy atom. The van der Waals surface area contributed by atoms with Crippen molar-refractivity contribution >= 4 is 5.69 Å². The summed E-state index contributed by atoms with van der Waals surface area (Å²) in [4.78, 5) is 10.5. The molecule has 0 unspecified atom stereocenters. The standard InChI is InChI=1S/C14H20N2O2/c1-11-13(5-2-6-14(11)16(17)18)10-15-9-3-4-12-7-8-12/h2,5-6,12,15H,3-4,7-10H2,1H3. The van der Waals surface area contributed by atoms with E-state index in [1.54, 1.807) is 12.1 Å². The van der Waals surface area contributed by atoms with Crippen molar-refractivity contribution in [3.8, 4) is 0 Å². The monoisotopic (exact) mass is 248 g/mol. The predicted octanol–water partition coefficient (Wildman–Crippen LogP) is 3.18. The van der Waals surface area contributed by atoms with Gasteiger partial charge in [-0.15, -0.1) is 0 Å². The van der Waals surface area contributed by atoms with E-state index >= 15 is 0 Å². The molecule has 1 N–H and O–H groups in total. The summed E-state index contributed by atoms with van der Waals surface area (Å²) >= 11 is 0. The molecule has 4 heteroatoms. The Kier molecular flexibility index (Phi) is 4.31. The van der Waals surface area contributed by atoms with Gasteiger partial charge in [0.2, 0.25) is 0 Å². The minimum atomic E-state index is -0.314. The zero-order chi connectivity index (χ0) is 13.0. The molecule has 0 aromatic heterocycles. The lowest BCUT2D eigenvalue weighted by atomic mass is 10.1. The van der Waals surface area contributed by atoms with Crippen LogP contribution < -0.4 is 5.32 Å². The summed E-state index contributed by atoms with van der Waals surface area (Å²) in [5.74, 6) is 0.978. The van der Waals surface area contributed by atoms with Gasteiger partial charge in [-0.1, -0.05) is 25.0 Å². The maximum Gasteiger partial charge on any atom is 0.272 e. The van der Waals surface area contributed by atoms with Crippen molar-refractivity contribution < 1.29 is 4.92 Å². The molecule has 0 spiro atoms. The van der Waals surface area contributed by atoms with Crippen molar-refractivity contribution in [3.63, 3.8) is 0 Å². The third-order valence-electron chi connectivity index (χ3n) is 3.59. The largest absolute Gasteiger partial charge is 0.313 e. The molecule has 0 bridgehead atoms. The second-order valence-electron chi connectivity index (χ2n) is 5.08. The number of nitro groups is 1. The number of rotatable bonds is 7. The van der Waals surface area contributed by atoms with E-state index < -0.39 is 0 Å². The first-order chi connectivity index (χ1) is 8.68. The molecular weight excluding hydrogens is 228 g/mol. The minimum absolute atomic E-state index is 0.215. The van der Waals surface area contributed by atoms with Crippen molar-refractivity contribution in [2.24, 2.45) is 5.92 Å². The van der Waals surface area contributed by atoms with E-state index in [-0.39, 0.29) is 10.6 Å². The van der Waals surface area contributed by atoms with Crippen molar-refractivity contribution in [1.29, 1.82) is 0 Å². The molecule has 18 heavy (non-hydrogen) atoms. The molecule has 98 valence electrons. The Morgan fingerprint density at radius 3 is 2.89 bits per heavy atom. The fraction of sp³-hybridized carbons (Fsp3) is 0.571. The lowest BCUT2D eigenvalue weighted by molar-refractivity contribution is -0.385. The number of benzene rings is 1. The first kappa shape index (κ1) is 13.0. The van der Waals surface area contributed by atoms with Gasteiger partial charge >= 0.3 is 0 Å². The molecule has 0 saturated heterocycles. The number of hydrogen-bond acceptors (Lipinski definition) is 3. The van der Waals surface area contributed by atoms with Crippen LogP contribution in [0, 0.1) is 23.0 Å². The molecule has 1 aliphatic carbocycles. The molecule has 0 aliphatic heterocycles. The molecule has 0 heterocycles. The van der Waals surface area contributed by atoms with Crippen molar-refractivity contribution in [1.82, 2.24) is 5.32 Å². The van der Waals surface area contributed by atoms with Gasteiger partial charge in [-0.2, -0.15) is 0 Å². The summed E-state index contributed by atoms with van der Waals surface area (Å²) in [6.45, 7) is 3.54. The zero-order valence-electron chi connectivity index (χ0n) is 10.8. The van der Waals surface area contributed by atoms with Crippen molar-refractivity contribution in [2.75, 3.05) is 6.54 Å². The first-order valence-corrected chi connectivity index (χ1v) is 6.62. The Hall–Kier alpha value is -1.42. The summed E-state index contributed by atoms with van der Waals surface area (Å²) in [5, 5.41) is 14.2. The highest BCUT2D eigenvalue weighted by molar-refractivity contribution is 5.44. The van der Waals surface area contributed by atoms with Crippen LogP contribution in [0.15, 0.2) is 18.2 Å². The molecule has 0 radical (unpaired) electrons. The van der Waals surface area contributed by atoms with E-state index in [2.05, 4.69) is 5.32 Å². The van der Waals surface area contributed by atoms with Crippen LogP contribution in [0.1, 0.15) is 36.8 Å². The number of hydrogen-bond donors (Lipinski definition) is 1.